The molecule has 0 aromatic carbocycles. The number of carbonyl (C=O) groups excluding carboxylic acids is 1. The standard InChI is InChI=1S/C8H8N2O3/c1-5(11)10-7-3-2-6(4-9-7)8(12)13/h2-4H,1H3,(H,12,13)(H,9,10,11)/p+1. The Labute approximate surface area is 74.4 Å². The van der Waals surface area contributed by atoms with E-state index in [-0.39, 0.29) is 11.5 Å². The van der Waals surface area contributed by atoms with Crippen LogP contribution in [0.15, 0.2) is 18.3 Å². The third-order valence-corrected chi connectivity index (χ3v) is 1.37. The van der Waals surface area contributed by atoms with E-state index in [1.165, 1.54) is 25.3 Å². The number of carbonyl (C=O) groups is 2. The molecule has 5 nitrogen and oxygen atoms in total. The number of carboxylic acid groups (broad SMARTS) is 1. The third-order valence-electron chi connectivity index (χ3n) is 1.37. The highest BCUT2D eigenvalue weighted by Crippen LogP contribution is 1.99. The predicted molar refractivity (Wildman–Crippen MR) is 44.3 cm³/mol. The monoisotopic (exact) mass is 181 g/mol. The van der Waals surface area contributed by atoms with Gasteiger partial charge in [0.15, 0.2) is 0 Å². The Morgan fingerprint density at radius 2 is 2.15 bits per heavy atom. The van der Waals surface area contributed by atoms with Gasteiger partial charge in [-0.05, 0) is 6.07 Å². The fourth-order valence-corrected chi connectivity index (χ4v) is 0.825. The van der Waals surface area contributed by atoms with Crippen LogP contribution in [0.4, 0.5) is 5.82 Å². The van der Waals surface area contributed by atoms with Crippen molar-refractivity contribution in [3.05, 3.63) is 23.9 Å². The van der Waals surface area contributed by atoms with Gasteiger partial charge < -0.3 is 5.11 Å². The van der Waals surface area contributed by atoms with Crippen LogP contribution in [0.1, 0.15) is 17.3 Å². The van der Waals surface area contributed by atoms with Gasteiger partial charge >= 0.3 is 11.9 Å². The van der Waals surface area contributed by atoms with Crippen molar-refractivity contribution in [2.24, 2.45) is 0 Å². The second kappa shape index (κ2) is 3.66. The number of carboxylic acids is 1. The topological polar surface area (TPSA) is 80.5 Å². The molecular formula is C8H9N2O3+. The first kappa shape index (κ1) is 9.18. The molecule has 68 valence electrons. The maximum Gasteiger partial charge on any atom is 0.339 e. The smallest absolute Gasteiger partial charge is 0.339 e. The number of pyridine rings is 1. The van der Waals surface area contributed by atoms with Crippen LogP contribution in [0.5, 0.6) is 0 Å². The van der Waals surface area contributed by atoms with Crippen LogP contribution in [-0.2, 0) is 4.79 Å². The minimum absolute atomic E-state index is 0.147. The van der Waals surface area contributed by atoms with Gasteiger partial charge in [0.25, 0.3) is 5.82 Å². The normalized spacial score (nSPS) is 9.31. The number of amides is 1. The first-order valence-electron chi connectivity index (χ1n) is 3.62. The third kappa shape index (κ3) is 2.55. The van der Waals surface area contributed by atoms with Crippen LogP contribution in [0.2, 0.25) is 0 Å². The highest BCUT2D eigenvalue weighted by molar-refractivity contribution is 5.88. The summed E-state index contributed by atoms with van der Waals surface area (Å²) in [6, 6.07) is 2.90. The van der Waals surface area contributed by atoms with E-state index in [0.29, 0.717) is 5.82 Å². The Balaban J connectivity index is 2.81. The average Bonchev–Trinajstić information content (AvgIpc) is 2.04. The molecule has 0 radical (unpaired) electrons. The van der Waals surface area contributed by atoms with E-state index >= 15 is 0 Å². The summed E-state index contributed by atoms with van der Waals surface area (Å²) in [6.07, 6.45) is 1.31. The lowest BCUT2D eigenvalue weighted by Crippen LogP contribution is -2.17. The summed E-state index contributed by atoms with van der Waals surface area (Å²) in [5, 5.41) is 11.0. The van der Waals surface area contributed by atoms with E-state index in [0.717, 1.165) is 0 Å². The van der Waals surface area contributed by atoms with E-state index in [9.17, 15) is 9.59 Å². The fraction of sp³-hybridized carbons (Fsp3) is 0.125. The Morgan fingerprint density at radius 3 is 2.54 bits per heavy atom. The molecule has 0 atom stereocenters. The highest BCUT2D eigenvalue weighted by atomic mass is 16.4. The summed E-state index contributed by atoms with van der Waals surface area (Å²) >= 11 is 0. The minimum atomic E-state index is -1.01. The Hall–Kier alpha value is -1.91. The van der Waals surface area contributed by atoms with Crippen LogP contribution in [0.25, 0.3) is 0 Å². The summed E-state index contributed by atoms with van der Waals surface area (Å²) in [7, 11) is 0. The van der Waals surface area contributed by atoms with Gasteiger partial charge in [0.1, 0.15) is 6.20 Å². The van der Waals surface area contributed by atoms with Crippen molar-refractivity contribution in [2.45, 2.75) is 6.92 Å². The molecule has 1 heterocycles. The highest BCUT2D eigenvalue weighted by Gasteiger charge is 2.07. The van der Waals surface area contributed by atoms with Crippen LogP contribution < -0.4 is 10.3 Å². The number of hydrogen-bond acceptors (Lipinski definition) is 2. The molecule has 0 aliphatic carbocycles. The molecule has 3 N–H and O–H groups in total. The lowest BCUT2D eigenvalue weighted by molar-refractivity contribution is -0.361. The molecule has 1 aromatic rings. The lowest BCUT2D eigenvalue weighted by Gasteiger charge is -1.93. The van der Waals surface area contributed by atoms with E-state index < -0.39 is 5.97 Å². The molecule has 13 heavy (non-hydrogen) atoms. The number of hydrogen-bond donors (Lipinski definition) is 2. The van der Waals surface area contributed by atoms with Gasteiger partial charge in [-0.15, -0.1) is 0 Å². The molecule has 5 heteroatoms. The van der Waals surface area contributed by atoms with Crippen LogP contribution in [0.3, 0.4) is 0 Å². The van der Waals surface area contributed by atoms with Crippen LogP contribution >= 0.6 is 0 Å². The second-order valence-corrected chi connectivity index (χ2v) is 2.48. The van der Waals surface area contributed by atoms with Crippen molar-refractivity contribution in [1.29, 1.82) is 0 Å². The van der Waals surface area contributed by atoms with Crippen molar-refractivity contribution in [1.82, 2.24) is 0 Å². The molecule has 0 fully saturated rings. The van der Waals surface area contributed by atoms with Gasteiger partial charge in [0.05, 0.1) is 5.56 Å². The average molecular weight is 181 g/mol. The SMILES string of the molecule is CC(=O)Nc1ccc(C(=O)O)c[nH+]1. The number of H-pyrrole nitrogens is 1. The van der Waals surface area contributed by atoms with Crippen molar-refractivity contribution in [3.63, 3.8) is 0 Å². The molecule has 0 saturated heterocycles. The zero-order chi connectivity index (χ0) is 9.84. The molecule has 1 aromatic heterocycles. The van der Waals surface area contributed by atoms with Gasteiger partial charge in [-0.1, -0.05) is 0 Å². The summed E-state index contributed by atoms with van der Waals surface area (Å²) in [5.41, 5.74) is 0.147. The van der Waals surface area contributed by atoms with Crippen LogP contribution in [0, 0.1) is 0 Å². The van der Waals surface area contributed by atoms with Crippen molar-refractivity contribution in [2.75, 3.05) is 5.32 Å². The predicted octanol–water partition coefficient (Wildman–Crippen LogP) is 0.157. The van der Waals surface area contributed by atoms with E-state index in [4.69, 9.17) is 5.11 Å². The quantitative estimate of drug-likeness (QED) is 0.681. The van der Waals surface area contributed by atoms with Gasteiger partial charge in [0, 0.05) is 13.0 Å². The van der Waals surface area contributed by atoms with Crippen LogP contribution in [-0.4, -0.2) is 17.0 Å². The zero-order valence-electron chi connectivity index (χ0n) is 7.00. The van der Waals surface area contributed by atoms with Crippen molar-refractivity contribution >= 4 is 17.7 Å². The van der Waals surface area contributed by atoms with E-state index in [1.54, 1.807) is 0 Å². The number of aromatic carboxylic acids is 1. The van der Waals surface area contributed by atoms with Gasteiger partial charge in [-0.2, -0.15) is 0 Å². The maximum absolute atomic E-state index is 10.6. The first-order valence-corrected chi connectivity index (χ1v) is 3.62. The number of nitrogens with one attached hydrogen (secondary N) is 2. The number of rotatable bonds is 2. The zero-order valence-corrected chi connectivity index (χ0v) is 7.00. The number of anilines is 1. The maximum atomic E-state index is 10.6. The van der Waals surface area contributed by atoms with Gasteiger partial charge in [-0.25, -0.2) is 19.9 Å². The second-order valence-electron chi connectivity index (χ2n) is 2.48. The summed E-state index contributed by atoms with van der Waals surface area (Å²) in [6.45, 7) is 1.37. The first-order chi connectivity index (χ1) is 6.09. The summed E-state index contributed by atoms with van der Waals surface area (Å²) < 4.78 is 0. The molecule has 0 spiro atoms. The summed E-state index contributed by atoms with van der Waals surface area (Å²) in [5.74, 6) is -0.748. The number of aromatic nitrogens is 1. The Kier molecular flexibility index (Phi) is 2.59. The molecular weight excluding hydrogens is 172 g/mol. The Bertz CT molecular complexity index is 332. The minimum Gasteiger partial charge on any atom is -0.478 e. The molecule has 0 aliphatic heterocycles. The Morgan fingerprint density at radius 1 is 1.46 bits per heavy atom. The molecule has 0 aliphatic rings. The summed E-state index contributed by atoms with van der Waals surface area (Å²) in [4.78, 5) is 23.6. The molecule has 0 saturated carbocycles. The van der Waals surface area contributed by atoms with Gasteiger partial charge in [0.2, 0.25) is 0 Å². The van der Waals surface area contributed by atoms with Crippen molar-refractivity contribution in [3.8, 4) is 0 Å². The van der Waals surface area contributed by atoms with Crippen molar-refractivity contribution < 1.29 is 19.7 Å². The molecule has 0 unspecified atom stereocenters. The van der Waals surface area contributed by atoms with E-state index in [2.05, 4.69) is 10.3 Å². The lowest BCUT2D eigenvalue weighted by atomic mass is 10.3. The molecule has 0 bridgehead atoms. The number of aromatic amines is 1. The fourth-order valence-electron chi connectivity index (χ4n) is 0.825. The van der Waals surface area contributed by atoms with E-state index in [1.807, 2.05) is 0 Å². The molecule has 1 amide bonds. The largest absolute Gasteiger partial charge is 0.478 e. The van der Waals surface area contributed by atoms with Gasteiger partial charge in [-0.3, -0.25) is 0 Å². The molecule has 1 rings (SSSR count).